The van der Waals surface area contributed by atoms with E-state index in [1.807, 2.05) is 0 Å². The van der Waals surface area contributed by atoms with Crippen LogP contribution in [0.5, 0.6) is 5.75 Å². The van der Waals surface area contributed by atoms with E-state index in [9.17, 15) is 26.7 Å². The summed E-state index contributed by atoms with van der Waals surface area (Å²) in [6.07, 6.45) is -5.01. The van der Waals surface area contributed by atoms with Crippen LogP contribution in [0, 0.1) is 11.6 Å². The third kappa shape index (κ3) is 3.37. The van der Waals surface area contributed by atoms with Gasteiger partial charge in [0.15, 0.2) is 5.75 Å². The molecule has 0 amide bonds. The van der Waals surface area contributed by atoms with E-state index in [-0.39, 0.29) is 0 Å². The van der Waals surface area contributed by atoms with Crippen LogP contribution in [0.25, 0.3) is 17.1 Å². The lowest BCUT2D eigenvalue weighted by Gasteiger charge is -2.11. The molecule has 0 spiro atoms. The first-order valence-corrected chi connectivity index (χ1v) is 6.66. The normalized spacial score (nSPS) is 11.6. The number of nitrogens with zero attached hydrogens (tertiary/aromatic N) is 2. The van der Waals surface area contributed by atoms with Gasteiger partial charge in [0.2, 0.25) is 0 Å². The third-order valence-electron chi connectivity index (χ3n) is 3.04. The maximum atomic E-state index is 13.8. The van der Waals surface area contributed by atoms with Gasteiger partial charge in [0, 0.05) is 0 Å². The highest BCUT2D eigenvalue weighted by atomic mass is 19.4. The number of rotatable bonds is 3. The second kappa shape index (κ2) is 6.04. The number of benzene rings is 2. The quantitative estimate of drug-likeness (QED) is 0.671. The average Bonchev–Trinajstić information content (AvgIpc) is 2.87. The smallest absolute Gasteiger partial charge is 0.403 e. The summed E-state index contributed by atoms with van der Waals surface area (Å²) in [6.45, 7) is 0. The van der Waals surface area contributed by atoms with Crippen molar-refractivity contribution in [2.45, 2.75) is 6.36 Å². The Labute approximate surface area is 135 Å². The largest absolute Gasteiger partial charge is 0.573 e. The minimum Gasteiger partial charge on any atom is -0.403 e. The van der Waals surface area contributed by atoms with Crippen molar-refractivity contribution in [1.29, 1.82) is 0 Å². The number of aromatic nitrogens is 2. The molecule has 0 bridgehead atoms. The highest BCUT2D eigenvalue weighted by molar-refractivity contribution is 5.55. The molecule has 0 radical (unpaired) electrons. The molecule has 0 atom stereocenters. The van der Waals surface area contributed by atoms with E-state index in [1.54, 1.807) is 0 Å². The molecule has 0 N–H and O–H groups in total. The van der Waals surface area contributed by atoms with Gasteiger partial charge in [-0.3, -0.25) is 0 Å². The topological polar surface area (TPSA) is 57.3 Å². The van der Waals surface area contributed by atoms with Crippen molar-refractivity contribution in [3.8, 4) is 22.9 Å². The Balaban J connectivity index is 2.13. The Bertz CT molecular complexity index is 958. The predicted molar refractivity (Wildman–Crippen MR) is 74.1 cm³/mol. The van der Waals surface area contributed by atoms with E-state index in [4.69, 9.17) is 0 Å². The molecule has 1 heterocycles. The fourth-order valence-electron chi connectivity index (χ4n) is 2.08. The monoisotopic (exact) mass is 358 g/mol. The molecule has 0 aliphatic carbocycles. The number of hydrogen-bond acceptors (Lipinski definition) is 4. The van der Waals surface area contributed by atoms with Crippen LogP contribution < -0.4 is 10.5 Å². The van der Waals surface area contributed by atoms with Crippen LogP contribution in [-0.2, 0) is 0 Å². The standard InChI is InChI=1S/C15H7F5N2O3/c16-8-4-3-5-9(17)12(8)13-21-22(14(23)24-13)10-6-1-2-7-11(10)25-15(18,19)20/h1-7H. The Hall–Kier alpha value is -3.17. The van der Waals surface area contributed by atoms with Crippen LogP contribution in [0.15, 0.2) is 51.7 Å². The highest BCUT2D eigenvalue weighted by Crippen LogP contribution is 2.29. The molecule has 0 saturated heterocycles. The zero-order valence-electron chi connectivity index (χ0n) is 12.1. The number of halogens is 5. The second-order valence-electron chi connectivity index (χ2n) is 4.70. The summed E-state index contributed by atoms with van der Waals surface area (Å²) in [5, 5.41) is 3.57. The van der Waals surface area contributed by atoms with Crippen molar-refractivity contribution in [2.75, 3.05) is 0 Å². The predicted octanol–water partition coefficient (Wildman–Crippen LogP) is 3.67. The Kier molecular flexibility index (Phi) is 4.03. The van der Waals surface area contributed by atoms with Crippen molar-refractivity contribution in [2.24, 2.45) is 0 Å². The SMILES string of the molecule is O=c1oc(-c2c(F)cccc2F)nn1-c1ccccc1OC(F)(F)F. The summed E-state index contributed by atoms with van der Waals surface area (Å²) in [5.41, 5.74) is -1.12. The van der Waals surface area contributed by atoms with E-state index in [1.165, 1.54) is 12.1 Å². The van der Waals surface area contributed by atoms with Gasteiger partial charge in [-0.15, -0.1) is 18.3 Å². The Morgan fingerprint density at radius 1 is 1.00 bits per heavy atom. The molecule has 10 heteroatoms. The van der Waals surface area contributed by atoms with Gasteiger partial charge in [-0.05, 0) is 24.3 Å². The molecule has 0 saturated carbocycles. The summed E-state index contributed by atoms with van der Waals surface area (Å²) in [7, 11) is 0. The van der Waals surface area contributed by atoms with Gasteiger partial charge in [-0.1, -0.05) is 18.2 Å². The lowest BCUT2D eigenvalue weighted by Crippen LogP contribution is -2.20. The number of alkyl halides is 3. The molecule has 0 fully saturated rings. The molecular weight excluding hydrogens is 351 g/mol. The van der Waals surface area contributed by atoms with Gasteiger partial charge in [0.1, 0.15) is 22.9 Å². The Morgan fingerprint density at radius 3 is 2.28 bits per heavy atom. The molecule has 25 heavy (non-hydrogen) atoms. The summed E-state index contributed by atoms with van der Waals surface area (Å²) >= 11 is 0. The molecule has 0 aliphatic rings. The summed E-state index contributed by atoms with van der Waals surface area (Å²) in [4.78, 5) is 11.9. The first kappa shape index (κ1) is 16.7. The van der Waals surface area contributed by atoms with E-state index in [0.717, 1.165) is 30.3 Å². The zero-order valence-corrected chi connectivity index (χ0v) is 12.1. The fourth-order valence-corrected chi connectivity index (χ4v) is 2.08. The van der Waals surface area contributed by atoms with Gasteiger partial charge < -0.3 is 9.15 Å². The van der Waals surface area contributed by atoms with Crippen molar-refractivity contribution in [3.05, 3.63) is 64.6 Å². The van der Waals surface area contributed by atoms with Crippen LogP contribution in [-0.4, -0.2) is 16.1 Å². The highest BCUT2D eigenvalue weighted by Gasteiger charge is 2.33. The van der Waals surface area contributed by atoms with E-state index in [2.05, 4.69) is 14.3 Å². The molecule has 130 valence electrons. The van der Waals surface area contributed by atoms with Crippen molar-refractivity contribution < 1.29 is 31.1 Å². The number of hydrogen-bond donors (Lipinski definition) is 0. The lowest BCUT2D eigenvalue weighted by atomic mass is 10.2. The molecule has 3 rings (SSSR count). The summed E-state index contributed by atoms with van der Waals surface area (Å²) < 4.78 is 73.8. The third-order valence-corrected chi connectivity index (χ3v) is 3.04. The minimum atomic E-state index is -5.01. The second-order valence-corrected chi connectivity index (χ2v) is 4.70. The van der Waals surface area contributed by atoms with Gasteiger partial charge in [-0.2, -0.15) is 4.68 Å². The molecule has 1 aromatic heterocycles. The maximum absolute atomic E-state index is 13.8. The molecular formula is C15H7F5N2O3. The van der Waals surface area contributed by atoms with E-state index >= 15 is 0 Å². The van der Waals surface area contributed by atoms with Crippen molar-refractivity contribution in [1.82, 2.24) is 9.78 Å². The molecule has 0 unspecified atom stereocenters. The fraction of sp³-hybridized carbons (Fsp3) is 0.0667. The van der Waals surface area contributed by atoms with Gasteiger partial charge in [0.25, 0.3) is 5.89 Å². The average molecular weight is 358 g/mol. The Morgan fingerprint density at radius 2 is 1.64 bits per heavy atom. The molecule has 5 nitrogen and oxygen atoms in total. The first-order chi connectivity index (χ1) is 11.8. The van der Waals surface area contributed by atoms with E-state index in [0.29, 0.717) is 4.68 Å². The minimum absolute atomic E-state index is 0.406. The summed E-state index contributed by atoms with van der Waals surface area (Å²) in [5.74, 6) is -4.79. The van der Waals surface area contributed by atoms with Crippen molar-refractivity contribution in [3.63, 3.8) is 0 Å². The van der Waals surface area contributed by atoms with Crippen molar-refractivity contribution >= 4 is 0 Å². The summed E-state index contributed by atoms with van der Waals surface area (Å²) in [6, 6.07) is 7.54. The van der Waals surface area contributed by atoms with Gasteiger partial charge in [0.05, 0.1) is 0 Å². The maximum Gasteiger partial charge on any atom is 0.573 e. The van der Waals surface area contributed by atoms with Crippen LogP contribution in [0.4, 0.5) is 22.0 Å². The van der Waals surface area contributed by atoms with Gasteiger partial charge in [-0.25, -0.2) is 13.6 Å². The van der Waals surface area contributed by atoms with Crippen LogP contribution >= 0.6 is 0 Å². The van der Waals surface area contributed by atoms with E-state index < -0.39 is 46.6 Å². The molecule has 2 aromatic carbocycles. The van der Waals surface area contributed by atoms with Crippen LogP contribution in [0.1, 0.15) is 0 Å². The lowest BCUT2D eigenvalue weighted by molar-refractivity contribution is -0.274. The first-order valence-electron chi connectivity index (χ1n) is 6.66. The van der Waals surface area contributed by atoms with Crippen LogP contribution in [0.2, 0.25) is 0 Å². The number of para-hydroxylation sites is 2. The van der Waals surface area contributed by atoms with Crippen LogP contribution in [0.3, 0.4) is 0 Å². The van der Waals surface area contributed by atoms with Gasteiger partial charge >= 0.3 is 12.1 Å². The molecule has 0 aliphatic heterocycles. The zero-order chi connectivity index (χ0) is 18.2. The number of ether oxygens (including phenoxy) is 1. The molecule has 3 aromatic rings.